The molecule has 0 aliphatic heterocycles. The number of halogens is 2. The van der Waals surface area contributed by atoms with Gasteiger partial charge in [0.25, 0.3) is 0 Å². The molecule has 1 atom stereocenters. The molecule has 0 bridgehead atoms. The zero-order chi connectivity index (χ0) is 22.2. The minimum Gasteiger partial charge on any atom is -0.352 e. The summed E-state index contributed by atoms with van der Waals surface area (Å²) < 4.78 is 0. The molecular formula is C25H30Cl2N2O2. The number of hydrogen-bond donors (Lipinski definition) is 1. The zero-order valence-corrected chi connectivity index (χ0v) is 19.5. The van der Waals surface area contributed by atoms with E-state index in [0.29, 0.717) is 23.0 Å². The summed E-state index contributed by atoms with van der Waals surface area (Å²) in [4.78, 5) is 28.3. The van der Waals surface area contributed by atoms with Crippen LogP contribution in [0.2, 0.25) is 10.0 Å². The SMILES string of the molecule is CC[C@H](C(=O)NC1CCCCC1)N(Cc1ccc(Cl)cc1)C(=O)Cc1ccccc1Cl. The van der Waals surface area contributed by atoms with E-state index >= 15 is 0 Å². The summed E-state index contributed by atoms with van der Waals surface area (Å²) in [6.07, 6.45) is 6.21. The number of nitrogens with zero attached hydrogens (tertiary/aromatic N) is 1. The van der Waals surface area contributed by atoms with Crippen molar-refractivity contribution in [3.63, 3.8) is 0 Å². The Labute approximate surface area is 194 Å². The molecule has 31 heavy (non-hydrogen) atoms. The number of hydrogen-bond acceptors (Lipinski definition) is 2. The van der Waals surface area contributed by atoms with Crippen LogP contribution in [0.15, 0.2) is 48.5 Å². The van der Waals surface area contributed by atoms with Crippen molar-refractivity contribution in [1.29, 1.82) is 0 Å². The first-order valence-electron chi connectivity index (χ1n) is 11.1. The molecule has 0 aromatic heterocycles. The molecule has 1 saturated carbocycles. The Kier molecular flexibility index (Phi) is 8.79. The van der Waals surface area contributed by atoms with E-state index in [0.717, 1.165) is 36.8 Å². The second kappa shape index (κ2) is 11.5. The van der Waals surface area contributed by atoms with Crippen molar-refractivity contribution in [2.45, 2.75) is 70.5 Å². The Morgan fingerprint density at radius 1 is 1.03 bits per heavy atom. The van der Waals surface area contributed by atoms with Crippen molar-refractivity contribution in [3.05, 3.63) is 69.7 Å². The van der Waals surface area contributed by atoms with Gasteiger partial charge in [-0.25, -0.2) is 0 Å². The van der Waals surface area contributed by atoms with Crippen molar-refractivity contribution < 1.29 is 9.59 Å². The van der Waals surface area contributed by atoms with Crippen LogP contribution in [0.4, 0.5) is 0 Å². The highest BCUT2D eigenvalue weighted by Gasteiger charge is 2.30. The van der Waals surface area contributed by atoms with Crippen molar-refractivity contribution in [2.24, 2.45) is 0 Å². The molecule has 3 rings (SSSR count). The molecule has 1 N–H and O–H groups in total. The third kappa shape index (κ3) is 6.72. The molecule has 166 valence electrons. The second-order valence-corrected chi connectivity index (χ2v) is 9.03. The highest BCUT2D eigenvalue weighted by molar-refractivity contribution is 6.31. The third-order valence-electron chi connectivity index (χ3n) is 5.90. The first-order valence-corrected chi connectivity index (χ1v) is 11.8. The van der Waals surface area contributed by atoms with Crippen LogP contribution in [-0.2, 0) is 22.6 Å². The van der Waals surface area contributed by atoms with E-state index in [-0.39, 0.29) is 24.3 Å². The lowest BCUT2D eigenvalue weighted by Gasteiger charge is -2.33. The van der Waals surface area contributed by atoms with Gasteiger partial charge in [-0.2, -0.15) is 0 Å². The monoisotopic (exact) mass is 460 g/mol. The fourth-order valence-electron chi connectivity index (χ4n) is 4.16. The van der Waals surface area contributed by atoms with E-state index < -0.39 is 6.04 Å². The van der Waals surface area contributed by atoms with Gasteiger partial charge in [0.1, 0.15) is 6.04 Å². The molecule has 6 heteroatoms. The van der Waals surface area contributed by atoms with Gasteiger partial charge in [0.05, 0.1) is 6.42 Å². The lowest BCUT2D eigenvalue weighted by atomic mass is 9.95. The molecule has 0 saturated heterocycles. The summed E-state index contributed by atoms with van der Waals surface area (Å²) in [6, 6.07) is 14.4. The minimum atomic E-state index is -0.535. The number of carbonyl (C=O) groups is 2. The van der Waals surface area contributed by atoms with E-state index in [2.05, 4.69) is 5.32 Å². The standard InChI is InChI=1S/C25H30Cl2N2O2/c1-2-23(25(31)28-21-9-4-3-5-10-21)29(17-18-12-14-20(26)15-13-18)24(30)16-19-8-6-7-11-22(19)27/h6-8,11-15,21,23H,2-5,9-10,16-17H2,1H3,(H,28,31)/t23-/m1/s1. The number of amides is 2. The maximum Gasteiger partial charge on any atom is 0.243 e. The molecule has 0 spiro atoms. The smallest absolute Gasteiger partial charge is 0.243 e. The summed E-state index contributed by atoms with van der Waals surface area (Å²) in [5, 5.41) is 4.39. The summed E-state index contributed by atoms with van der Waals surface area (Å²) in [5.41, 5.74) is 1.69. The Morgan fingerprint density at radius 3 is 2.35 bits per heavy atom. The third-order valence-corrected chi connectivity index (χ3v) is 6.52. The molecule has 2 aromatic rings. The van der Waals surface area contributed by atoms with Gasteiger partial charge in [-0.15, -0.1) is 0 Å². The Hall–Kier alpha value is -2.04. The van der Waals surface area contributed by atoms with E-state index in [4.69, 9.17) is 23.2 Å². The van der Waals surface area contributed by atoms with Gasteiger partial charge in [-0.1, -0.05) is 79.7 Å². The van der Waals surface area contributed by atoms with E-state index in [1.54, 1.807) is 23.1 Å². The van der Waals surface area contributed by atoms with E-state index in [9.17, 15) is 9.59 Å². The average molecular weight is 461 g/mol. The summed E-state index contributed by atoms with van der Waals surface area (Å²) in [5.74, 6) is -0.190. The van der Waals surface area contributed by atoms with Crippen molar-refractivity contribution in [2.75, 3.05) is 0 Å². The molecule has 2 amide bonds. The van der Waals surface area contributed by atoms with Crippen molar-refractivity contribution in [3.8, 4) is 0 Å². The van der Waals surface area contributed by atoms with Crippen LogP contribution < -0.4 is 5.32 Å². The van der Waals surface area contributed by atoms with Gasteiger partial charge in [-0.05, 0) is 48.6 Å². The topological polar surface area (TPSA) is 49.4 Å². The van der Waals surface area contributed by atoms with E-state index in [1.807, 2.05) is 37.3 Å². The van der Waals surface area contributed by atoms with Crippen LogP contribution >= 0.6 is 23.2 Å². The molecule has 1 aliphatic carbocycles. The predicted molar refractivity (Wildman–Crippen MR) is 126 cm³/mol. The van der Waals surface area contributed by atoms with E-state index in [1.165, 1.54) is 6.42 Å². The number of carbonyl (C=O) groups excluding carboxylic acids is 2. The van der Waals surface area contributed by atoms with Gasteiger partial charge in [0.15, 0.2) is 0 Å². The lowest BCUT2D eigenvalue weighted by Crippen LogP contribution is -2.52. The lowest BCUT2D eigenvalue weighted by molar-refractivity contribution is -0.141. The van der Waals surface area contributed by atoms with Gasteiger partial charge >= 0.3 is 0 Å². The number of rotatable bonds is 8. The summed E-state index contributed by atoms with van der Waals surface area (Å²) >= 11 is 12.3. The summed E-state index contributed by atoms with van der Waals surface area (Å²) in [7, 11) is 0. The average Bonchev–Trinajstić information content (AvgIpc) is 2.77. The number of benzene rings is 2. The van der Waals surface area contributed by atoms with Gasteiger partial charge < -0.3 is 10.2 Å². The van der Waals surface area contributed by atoms with Gasteiger partial charge in [0.2, 0.25) is 11.8 Å². The molecule has 2 aromatic carbocycles. The van der Waals surface area contributed by atoms with Crippen LogP contribution in [0.1, 0.15) is 56.6 Å². The fourth-order valence-corrected chi connectivity index (χ4v) is 4.49. The molecule has 1 fully saturated rings. The zero-order valence-electron chi connectivity index (χ0n) is 17.9. The molecular weight excluding hydrogens is 431 g/mol. The maximum absolute atomic E-state index is 13.4. The highest BCUT2D eigenvalue weighted by atomic mass is 35.5. The van der Waals surface area contributed by atoms with Crippen molar-refractivity contribution >= 4 is 35.0 Å². The normalized spacial score (nSPS) is 15.3. The molecule has 4 nitrogen and oxygen atoms in total. The minimum absolute atomic E-state index is 0.0733. The van der Waals surface area contributed by atoms with Crippen LogP contribution in [-0.4, -0.2) is 28.8 Å². The van der Waals surface area contributed by atoms with Crippen LogP contribution in [0.5, 0.6) is 0 Å². The molecule has 0 heterocycles. The van der Waals surface area contributed by atoms with Crippen molar-refractivity contribution in [1.82, 2.24) is 10.2 Å². The Bertz CT molecular complexity index is 879. The van der Waals surface area contributed by atoms with Crippen LogP contribution in [0, 0.1) is 0 Å². The molecule has 0 radical (unpaired) electrons. The maximum atomic E-state index is 13.4. The first-order chi connectivity index (χ1) is 15.0. The van der Waals surface area contributed by atoms with Crippen LogP contribution in [0.25, 0.3) is 0 Å². The quantitative estimate of drug-likeness (QED) is 0.541. The first kappa shape index (κ1) is 23.6. The van der Waals surface area contributed by atoms with Gasteiger partial charge in [-0.3, -0.25) is 9.59 Å². The molecule has 1 aliphatic rings. The highest BCUT2D eigenvalue weighted by Crippen LogP contribution is 2.21. The molecule has 0 unspecified atom stereocenters. The van der Waals surface area contributed by atoms with Gasteiger partial charge in [0, 0.05) is 22.6 Å². The Balaban J connectivity index is 1.81. The Morgan fingerprint density at radius 2 is 1.71 bits per heavy atom. The predicted octanol–water partition coefficient (Wildman–Crippen LogP) is 5.79. The fraction of sp³-hybridized carbons (Fsp3) is 0.440. The van der Waals surface area contributed by atoms with Crippen LogP contribution in [0.3, 0.4) is 0 Å². The second-order valence-electron chi connectivity index (χ2n) is 8.18. The summed E-state index contributed by atoms with van der Waals surface area (Å²) in [6.45, 7) is 2.29. The number of nitrogens with one attached hydrogen (secondary N) is 1. The largest absolute Gasteiger partial charge is 0.352 e.